The first-order chi connectivity index (χ1) is 4.36. The highest BCUT2D eigenvalue weighted by Crippen LogP contribution is 2.15. The maximum atomic E-state index is 4.19. The van der Waals surface area contributed by atoms with E-state index in [-0.39, 0.29) is 0 Å². The summed E-state index contributed by atoms with van der Waals surface area (Å²) in [5.74, 6) is 0. The van der Waals surface area contributed by atoms with Crippen molar-refractivity contribution in [1.29, 1.82) is 0 Å². The third-order valence-electron chi connectivity index (χ3n) is 1.04. The zero-order valence-corrected chi connectivity index (χ0v) is 7.63. The molecule has 0 saturated heterocycles. The predicted octanol–water partition coefficient (Wildman–Crippen LogP) is 2.60. The van der Waals surface area contributed by atoms with Crippen molar-refractivity contribution in [1.82, 2.24) is 4.98 Å². The van der Waals surface area contributed by atoms with Crippen LogP contribution < -0.4 is 0 Å². The van der Waals surface area contributed by atoms with Crippen molar-refractivity contribution in [3.05, 3.63) is 16.1 Å². The lowest BCUT2D eigenvalue weighted by molar-refractivity contribution is 1.09. The molecule has 0 amide bonds. The first-order valence-electron chi connectivity index (χ1n) is 2.86. The molecule has 0 aliphatic heterocycles. The Balaban J connectivity index is 2.74. The van der Waals surface area contributed by atoms with Crippen molar-refractivity contribution in [2.75, 3.05) is 0 Å². The van der Waals surface area contributed by atoms with Gasteiger partial charge in [0, 0.05) is 16.4 Å². The largest absolute Gasteiger partial charge is 0.249 e. The minimum absolute atomic E-state index is 0.935. The zero-order valence-electron chi connectivity index (χ0n) is 5.22. The average Bonchev–Trinajstić information content (AvgIpc) is 2.34. The van der Waals surface area contributed by atoms with E-state index in [1.165, 1.54) is 9.88 Å². The molecule has 0 saturated carbocycles. The fourth-order valence-electron chi connectivity index (χ4n) is 0.573. The van der Waals surface area contributed by atoms with E-state index in [2.05, 4.69) is 27.8 Å². The van der Waals surface area contributed by atoms with Crippen LogP contribution in [0, 0.1) is 0 Å². The lowest BCUT2D eigenvalue weighted by atomic mass is 10.5. The summed E-state index contributed by atoms with van der Waals surface area (Å²) in [4.78, 5) is 5.51. The molecule has 1 aromatic heterocycles. The summed E-state index contributed by atoms with van der Waals surface area (Å²) in [7, 11) is 0. The number of aryl methyl sites for hydroxylation is 1. The normalized spacial score (nSPS) is 10.0. The zero-order chi connectivity index (χ0) is 6.69. The first kappa shape index (κ1) is 7.22. The topological polar surface area (TPSA) is 12.9 Å². The number of hydrogen-bond acceptors (Lipinski definition) is 2. The first-order valence-corrected chi connectivity index (χ1v) is 4.80. The van der Waals surface area contributed by atoms with Gasteiger partial charge in [-0.25, -0.2) is 4.98 Å². The number of aromatic nitrogens is 1. The molecule has 0 aliphatic carbocycles. The standard InChI is InChI=1S/C6H8BrNS/c1-2-6-8-4-5(3-7)9-6/h4H,2-3H2,1H3. The van der Waals surface area contributed by atoms with Gasteiger partial charge >= 0.3 is 0 Å². The molecule has 1 rings (SSSR count). The number of nitrogens with zero attached hydrogens (tertiary/aromatic N) is 1. The summed E-state index contributed by atoms with van der Waals surface area (Å²) >= 11 is 5.15. The Morgan fingerprint density at radius 3 is 2.89 bits per heavy atom. The van der Waals surface area contributed by atoms with Crippen LogP contribution in [0.15, 0.2) is 6.20 Å². The summed E-state index contributed by atoms with van der Waals surface area (Å²) in [5, 5.41) is 2.16. The van der Waals surface area contributed by atoms with Crippen molar-refractivity contribution >= 4 is 27.3 Å². The van der Waals surface area contributed by atoms with Gasteiger partial charge in [-0.2, -0.15) is 0 Å². The molecule has 0 atom stereocenters. The van der Waals surface area contributed by atoms with Crippen molar-refractivity contribution in [2.24, 2.45) is 0 Å². The van der Waals surface area contributed by atoms with Crippen LogP contribution in [0.4, 0.5) is 0 Å². The average molecular weight is 206 g/mol. The molecule has 0 spiro atoms. The van der Waals surface area contributed by atoms with Crippen LogP contribution >= 0.6 is 27.3 Å². The maximum absolute atomic E-state index is 4.19. The predicted molar refractivity (Wildman–Crippen MR) is 44.1 cm³/mol. The van der Waals surface area contributed by atoms with Crippen LogP contribution in [0.1, 0.15) is 16.8 Å². The summed E-state index contributed by atoms with van der Waals surface area (Å²) in [6.45, 7) is 2.12. The number of alkyl halides is 1. The molecule has 0 fully saturated rings. The van der Waals surface area contributed by atoms with E-state index in [9.17, 15) is 0 Å². The lowest BCUT2D eigenvalue weighted by Crippen LogP contribution is -1.70. The van der Waals surface area contributed by atoms with Gasteiger partial charge in [-0.1, -0.05) is 22.9 Å². The number of rotatable bonds is 2. The van der Waals surface area contributed by atoms with Gasteiger partial charge in [-0.05, 0) is 6.42 Å². The molecule has 0 radical (unpaired) electrons. The second kappa shape index (κ2) is 3.32. The summed E-state index contributed by atoms with van der Waals surface area (Å²) in [6, 6.07) is 0. The van der Waals surface area contributed by atoms with E-state index in [0.29, 0.717) is 0 Å². The Morgan fingerprint density at radius 1 is 1.78 bits per heavy atom. The molecule has 3 heteroatoms. The van der Waals surface area contributed by atoms with Crippen LogP contribution in [0.3, 0.4) is 0 Å². The van der Waals surface area contributed by atoms with Gasteiger partial charge in [-0.3, -0.25) is 0 Å². The summed E-state index contributed by atoms with van der Waals surface area (Å²) in [6.07, 6.45) is 2.98. The Bertz CT molecular complexity index is 166. The molecule has 1 aromatic rings. The second-order valence-corrected chi connectivity index (χ2v) is 3.47. The maximum Gasteiger partial charge on any atom is 0.0925 e. The summed E-state index contributed by atoms with van der Waals surface area (Å²) < 4.78 is 0. The molecule has 0 aromatic carbocycles. The van der Waals surface area contributed by atoms with Crippen molar-refractivity contribution in [2.45, 2.75) is 18.7 Å². The van der Waals surface area contributed by atoms with E-state index in [1.807, 2.05) is 6.20 Å². The molecule has 1 nitrogen and oxygen atoms in total. The van der Waals surface area contributed by atoms with Gasteiger partial charge in [0.25, 0.3) is 0 Å². The quantitative estimate of drug-likeness (QED) is 0.677. The molecule has 0 bridgehead atoms. The number of thiazole rings is 1. The molecule has 0 unspecified atom stereocenters. The minimum Gasteiger partial charge on any atom is -0.249 e. The van der Waals surface area contributed by atoms with Crippen LogP contribution in [0.5, 0.6) is 0 Å². The van der Waals surface area contributed by atoms with Crippen molar-refractivity contribution in [3.8, 4) is 0 Å². The lowest BCUT2D eigenvalue weighted by Gasteiger charge is -1.80. The molecule has 50 valence electrons. The highest BCUT2D eigenvalue weighted by Gasteiger charge is 1.95. The third-order valence-corrected chi connectivity index (χ3v) is 3.15. The van der Waals surface area contributed by atoms with Crippen LogP contribution in [0.25, 0.3) is 0 Å². The van der Waals surface area contributed by atoms with Crippen LogP contribution in [-0.2, 0) is 11.8 Å². The Hall–Kier alpha value is 0.110. The molecular formula is C6H8BrNS. The van der Waals surface area contributed by atoms with Gasteiger partial charge in [0.15, 0.2) is 0 Å². The second-order valence-electron chi connectivity index (χ2n) is 1.71. The Labute approximate surface area is 67.3 Å². The van der Waals surface area contributed by atoms with Gasteiger partial charge in [-0.15, -0.1) is 11.3 Å². The van der Waals surface area contributed by atoms with Crippen LogP contribution in [-0.4, -0.2) is 4.98 Å². The number of halogens is 1. The van der Waals surface area contributed by atoms with Gasteiger partial charge in [0.05, 0.1) is 5.01 Å². The van der Waals surface area contributed by atoms with Gasteiger partial charge < -0.3 is 0 Å². The van der Waals surface area contributed by atoms with E-state index >= 15 is 0 Å². The van der Waals surface area contributed by atoms with Crippen molar-refractivity contribution in [3.63, 3.8) is 0 Å². The fourth-order valence-corrected chi connectivity index (χ4v) is 1.77. The third kappa shape index (κ3) is 1.76. The SMILES string of the molecule is CCc1ncc(CBr)s1. The van der Waals surface area contributed by atoms with Crippen molar-refractivity contribution < 1.29 is 0 Å². The molecule has 0 N–H and O–H groups in total. The fraction of sp³-hybridized carbons (Fsp3) is 0.500. The Morgan fingerprint density at radius 2 is 2.56 bits per heavy atom. The highest BCUT2D eigenvalue weighted by atomic mass is 79.9. The van der Waals surface area contributed by atoms with E-state index in [4.69, 9.17) is 0 Å². The summed E-state index contributed by atoms with van der Waals surface area (Å²) in [5.41, 5.74) is 0. The minimum atomic E-state index is 0.935. The Kier molecular flexibility index (Phi) is 2.66. The van der Waals surface area contributed by atoms with E-state index in [1.54, 1.807) is 11.3 Å². The van der Waals surface area contributed by atoms with E-state index < -0.39 is 0 Å². The monoisotopic (exact) mass is 205 g/mol. The smallest absolute Gasteiger partial charge is 0.0925 e. The van der Waals surface area contributed by atoms with E-state index in [0.717, 1.165) is 11.8 Å². The molecule has 1 heterocycles. The molecular weight excluding hydrogens is 198 g/mol. The molecule has 9 heavy (non-hydrogen) atoms. The van der Waals surface area contributed by atoms with Gasteiger partial charge in [0.1, 0.15) is 0 Å². The van der Waals surface area contributed by atoms with Gasteiger partial charge in [0.2, 0.25) is 0 Å². The highest BCUT2D eigenvalue weighted by molar-refractivity contribution is 9.08. The molecule has 0 aliphatic rings. The van der Waals surface area contributed by atoms with Crippen LogP contribution in [0.2, 0.25) is 0 Å². The number of hydrogen-bond donors (Lipinski definition) is 0.